The third-order valence-corrected chi connectivity index (χ3v) is 1.72. The lowest BCUT2D eigenvalue weighted by atomic mass is 10.2. The summed E-state index contributed by atoms with van der Waals surface area (Å²) in [5.41, 5.74) is 1.72. The molecule has 14 heavy (non-hydrogen) atoms. The van der Waals surface area contributed by atoms with Gasteiger partial charge in [-0.1, -0.05) is 6.08 Å². The molecule has 0 bridgehead atoms. The van der Waals surface area contributed by atoms with Crippen molar-refractivity contribution in [3.05, 3.63) is 46.5 Å². The zero-order valence-electron chi connectivity index (χ0n) is 7.99. The Morgan fingerprint density at radius 3 is 2.86 bits per heavy atom. The van der Waals surface area contributed by atoms with Crippen LogP contribution in [0.2, 0.25) is 0 Å². The first kappa shape index (κ1) is 10.2. The summed E-state index contributed by atoms with van der Waals surface area (Å²) in [6.07, 6.45) is 1.70. The summed E-state index contributed by atoms with van der Waals surface area (Å²) >= 11 is 0. The Hall–Kier alpha value is -1.84. The molecule has 0 unspecified atom stereocenters. The molecule has 0 amide bonds. The summed E-state index contributed by atoms with van der Waals surface area (Å²) < 4.78 is 0. The SMILES string of the molecule is C=CCNc1cc(C)cc([N+](=O)[O-])c1. The molecule has 1 rings (SSSR count). The van der Waals surface area contributed by atoms with E-state index >= 15 is 0 Å². The van der Waals surface area contributed by atoms with E-state index in [1.807, 2.05) is 13.0 Å². The molecule has 4 heteroatoms. The Morgan fingerprint density at radius 2 is 2.29 bits per heavy atom. The van der Waals surface area contributed by atoms with Crippen LogP contribution >= 0.6 is 0 Å². The van der Waals surface area contributed by atoms with E-state index < -0.39 is 4.92 Å². The molecule has 0 spiro atoms. The number of aryl methyl sites for hydroxylation is 1. The maximum atomic E-state index is 10.5. The molecule has 0 saturated carbocycles. The lowest BCUT2D eigenvalue weighted by Crippen LogP contribution is -1.99. The fourth-order valence-electron chi connectivity index (χ4n) is 1.16. The zero-order chi connectivity index (χ0) is 10.6. The largest absolute Gasteiger partial charge is 0.381 e. The van der Waals surface area contributed by atoms with E-state index in [1.54, 1.807) is 12.1 Å². The van der Waals surface area contributed by atoms with Gasteiger partial charge in [-0.05, 0) is 18.6 Å². The Kier molecular flexibility index (Phi) is 3.23. The lowest BCUT2D eigenvalue weighted by Gasteiger charge is -2.04. The first-order valence-corrected chi connectivity index (χ1v) is 4.24. The van der Waals surface area contributed by atoms with Crippen molar-refractivity contribution >= 4 is 11.4 Å². The third-order valence-electron chi connectivity index (χ3n) is 1.72. The molecule has 0 saturated heterocycles. The minimum atomic E-state index is -0.397. The average molecular weight is 192 g/mol. The quantitative estimate of drug-likeness (QED) is 0.453. The van der Waals surface area contributed by atoms with Gasteiger partial charge in [0.2, 0.25) is 0 Å². The van der Waals surface area contributed by atoms with Crippen molar-refractivity contribution in [3.63, 3.8) is 0 Å². The predicted octanol–water partition coefficient (Wildman–Crippen LogP) is 2.50. The second kappa shape index (κ2) is 4.41. The fourth-order valence-corrected chi connectivity index (χ4v) is 1.16. The fraction of sp³-hybridized carbons (Fsp3) is 0.200. The molecular weight excluding hydrogens is 180 g/mol. The topological polar surface area (TPSA) is 55.2 Å². The molecule has 0 radical (unpaired) electrons. The summed E-state index contributed by atoms with van der Waals surface area (Å²) in [6.45, 7) is 5.98. The van der Waals surface area contributed by atoms with Gasteiger partial charge in [-0.3, -0.25) is 10.1 Å². The summed E-state index contributed by atoms with van der Waals surface area (Å²) in [5, 5.41) is 13.5. The summed E-state index contributed by atoms with van der Waals surface area (Å²) in [6, 6.07) is 4.91. The van der Waals surface area contributed by atoms with E-state index in [1.165, 1.54) is 6.07 Å². The highest BCUT2D eigenvalue weighted by Gasteiger charge is 2.06. The third kappa shape index (κ3) is 2.58. The highest BCUT2D eigenvalue weighted by molar-refractivity contribution is 5.53. The van der Waals surface area contributed by atoms with Gasteiger partial charge in [0.1, 0.15) is 0 Å². The molecule has 0 aliphatic heterocycles. The Bertz CT molecular complexity index is 361. The number of hydrogen-bond acceptors (Lipinski definition) is 3. The van der Waals surface area contributed by atoms with Gasteiger partial charge in [0, 0.05) is 24.4 Å². The number of anilines is 1. The van der Waals surface area contributed by atoms with Crippen molar-refractivity contribution in [2.75, 3.05) is 11.9 Å². The van der Waals surface area contributed by atoms with Gasteiger partial charge in [0.05, 0.1) is 4.92 Å². The van der Waals surface area contributed by atoms with Crippen LogP contribution in [0.3, 0.4) is 0 Å². The molecule has 1 N–H and O–H groups in total. The van der Waals surface area contributed by atoms with E-state index in [9.17, 15) is 10.1 Å². The van der Waals surface area contributed by atoms with E-state index in [0.717, 1.165) is 11.3 Å². The number of nitro benzene ring substituents is 1. The number of nitro groups is 1. The predicted molar refractivity (Wildman–Crippen MR) is 56.5 cm³/mol. The van der Waals surface area contributed by atoms with Crippen molar-refractivity contribution < 1.29 is 4.92 Å². The summed E-state index contributed by atoms with van der Waals surface area (Å²) in [4.78, 5) is 10.1. The molecule has 74 valence electrons. The number of benzene rings is 1. The van der Waals surface area contributed by atoms with Crippen LogP contribution in [0.25, 0.3) is 0 Å². The molecule has 0 aliphatic carbocycles. The average Bonchev–Trinajstić information content (AvgIpc) is 2.14. The molecular formula is C10H12N2O2. The van der Waals surface area contributed by atoms with Gasteiger partial charge in [-0.2, -0.15) is 0 Å². The molecule has 1 aromatic carbocycles. The number of non-ortho nitro benzene ring substituents is 1. The number of rotatable bonds is 4. The molecule has 0 heterocycles. The van der Waals surface area contributed by atoms with Crippen molar-refractivity contribution in [1.29, 1.82) is 0 Å². The van der Waals surface area contributed by atoms with Crippen molar-refractivity contribution in [1.82, 2.24) is 0 Å². The van der Waals surface area contributed by atoms with Crippen LogP contribution in [0.1, 0.15) is 5.56 Å². The van der Waals surface area contributed by atoms with Crippen LogP contribution < -0.4 is 5.32 Å². The first-order valence-electron chi connectivity index (χ1n) is 4.24. The molecule has 4 nitrogen and oxygen atoms in total. The maximum Gasteiger partial charge on any atom is 0.271 e. The van der Waals surface area contributed by atoms with Gasteiger partial charge >= 0.3 is 0 Å². The lowest BCUT2D eigenvalue weighted by molar-refractivity contribution is -0.384. The van der Waals surface area contributed by atoms with Crippen molar-refractivity contribution in [3.8, 4) is 0 Å². The van der Waals surface area contributed by atoms with E-state index in [4.69, 9.17) is 0 Å². The molecule has 0 aromatic heterocycles. The molecule has 0 atom stereocenters. The van der Waals surface area contributed by atoms with Crippen molar-refractivity contribution in [2.24, 2.45) is 0 Å². The van der Waals surface area contributed by atoms with E-state index in [-0.39, 0.29) is 5.69 Å². The number of nitrogens with one attached hydrogen (secondary N) is 1. The molecule has 1 aromatic rings. The van der Waals surface area contributed by atoms with Gasteiger partial charge in [0.25, 0.3) is 5.69 Å². The monoisotopic (exact) mass is 192 g/mol. The van der Waals surface area contributed by atoms with Crippen molar-refractivity contribution in [2.45, 2.75) is 6.92 Å². The van der Waals surface area contributed by atoms with Crippen LogP contribution in [-0.4, -0.2) is 11.5 Å². The normalized spacial score (nSPS) is 9.50. The second-order valence-corrected chi connectivity index (χ2v) is 2.98. The summed E-state index contributed by atoms with van der Waals surface area (Å²) in [7, 11) is 0. The highest BCUT2D eigenvalue weighted by atomic mass is 16.6. The van der Waals surface area contributed by atoms with Crippen LogP contribution in [0.15, 0.2) is 30.9 Å². The van der Waals surface area contributed by atoms with Gasteiger partial charge < -0.3 is 5.32 Å². The maximum absolute atomic E-state index is 10.5. The van der Waals surface area contributed by atoms with Crippen LogP contribution in [0.5, 0.6) is 0 Å². The van der Waals surface area contributed by atoms with Gasteiger partial charge in [0.15, 0.2) is 0 Å². The smallest absolute Gasteiger partial charge is 0.271 e. The second-order valence-electron chi connectivity index (χ2n) is 2.98. The van der Waals surface area contributed by atoms with E-state index in [2.05, 4.69) is 11.9 Å². The summed E-state index contributed by atoms with van der Waals surface area (Å²) in [5.74, 6) is 0. The first-order chi connectivity index (χ1) is 6.63. The van der Waals surface area contributed by atoms with Gasteiger partial charge in [-0.25, -0.2) is 0 Å². The molecule has 0 aliphatic rings. The van der Waals surface area contributed by atoms with E-state index in [0.29, 0.717) is 6.54 Å². The Labute approximate surface area is 82.4 Å². The minimum Gasteiger partial charge on any atom is -0.381 e. The Balaban J connectivity index is 2.94. The van der Waals surface area contributed by atoms with Crippen LogP contribution in [0.4, 0.5) is 11.4 Å². The van der Waals surface area contributed by atoms with Crippen LogP contribution in [0, 0.1) is 17.0 Å². The highest BCUT2D eigenvalue weighted by Crippen LogP contribution is 2.20. The van der Waals surface area contributed by atoms with Gasteiger partial charge in [-0.15, -0.1) is 6.58 Å². The Morgan fingerprint density at radius 1 is 1.57 bits per heavy atom. The standard InChI is InChI=1S/C10H12N2O2/c1-3-4-11-9-5-8(2)6-10(7-9)12(13)14/h3,5-7,11H,1,4H2,2H3. The van der Waals surface area contributed by atoms with Crippen LogP contribution in [-0.2, 0) is 0 Å². The minimum absolute atomic E-state index is 0.108. The number of hydrogen-bond donors (Lipinski definition) is 1. The zero-order valence-corrected chi connectivity index (χ0v) is 7.99. The number of nitrogens with zero attached hydrogens (tertiary/aromatic N) is 1. The molecule has 0 fully saturated rings.